The lowest BCUT2D eigenvalue weighted by molar-refractivity contribution is -0.137. The monoisotopic (exact) mass is 443 g/mol. The van der Waals surface area contributed by atoms with E-state index in [1.807, 2.05) is 0 Å². The number of morpholine rings is 1. The summed E-state index contributed by atoms with van der Waals surface area (Å²) in [5.41, 5.74) is -1.19. The van der Waals surface area contributed by atoms with Crippen LogP contribution in [0.15, 0.2) is 18.3 Å². The number of hydrogen-bond acceptors (Lipinski definition) is 7. The molecule has 1 atom stereocenters. The summed E-state index contributed by atoms with van der Waals surface area (Å²) in [6.45, 7) is 2.83. The van der Waals surface area contributed by atoms with Crippen LogP contribution in [0.4, 0.5) is 35.0 Å². The van der Waals surface area contributed by atoms with Crippen molar-refractivity contribution in [3.05, 3.63) is 35.3 Å². The lowest BCUT2D eigenvalue weighted by Crippen LogP contribution is -2.47. The Morgan fingerprint density at radius 3 is 2.71 bits per heavy atom. The molecule has 2 heterocycles. The number of amides is 1. The summed E-state index contributed by atoms with van der Waals surface area (Å²) in [4.78, 5) is 21.7. The molecule has 2 N–H and O–H groups in total. The van der Waals surface area contributed by atoms with E-state index < -0.39 is 29.3 Å². The third-order valence-electron chi connectivity index (χ3n) is 4.73. The maximum absolute atomic E-state index is 14.8. The van der Waals surface area contributed by atoms with E-state index >= 15 is 0 Å². The van der Waals surface area contributed by atoms with Crippen molar-refractivity contribution in [2.45, 2.75) is 19.1 Å². The van der Waals surface area contributed by atoms with Crippen LogP contribution in [0.2, 0.25) is 0 Å². The van der Waals surface area contributed by atoms with Gasteiger partial charge in [-0.15, -0.1) is 0 Å². The highest BCUT2D eigenvalue weighted by atomic mass is 19.4. The predicted octanol–water partition coefficient (Wildman–Crippen LogP) is 3.29. The molecule has 12 heteroatoms. The van der Waals surface area contributed by atoms with Gasteiger partial charge >= 0.3 is 6.18 Å². The molecule has 31 heavy (non-hydrogen) atoms. The van der Waals surface area contributed by atoms with Gasteiger partial charge in [-0.05, 0) is 13.0 Å². The summed E-state index contributed by atoms with van der Waals surface area (Å²) in [5.74, 6) is -1.90. The summed E-state index contributed by atoms with van der Waals surface area (Å²) in [6, 6.07) is 2.02. The zero-order valence-corrected chi connectivity index (χ0v) is 17.0. The molecule has 1 aromatic carbocycles. The van der Waals surface area contributed by atoms with Crippen molar-refractivity contribution in [2.24, 2.45) is 0 Å². The molecule has 168 valence electrons. The first kappa shape index (κ1) is 22.5. The van der Waals surface area contributed by atoms with Gasteiger partial charge in [0.15, 0.2) is 0 Å². The van der Waals surface area contributed by atoms with Crippen LogP contribution in [0.25, 0.3) is 0 Å². The van der Waals surface area contributed by atoms with Crippen molar-refractivity contribution >= 4 is 23.4 Å². The Morgan fingerprint density at radius 1 is 1.35 bits per heavy atom. The third-order valence-corrected chi connectivity index (χ3v) is 4.73. The molecule has 1 amide bonds. The standard InChI is InChI=1S/C19H21F4N5O3/c1-10-9-31-5-4-28(10)17(29)11-6-15(30-3)14(7-13(11)20)26-18-25-8-12(19(21,22)23)16(24-2)27-18/h6-8,10H,4-5,9H2,1-3H3,(H2,24,25,26,27)/t10-/m0/s1. The normalized spacial score (nSPS) is 16.7. The highest BCUT2D eigenvalue weighted by Gasteiger charge is 2.35. The molecule has 1 aliphatic rings. The fourth-order valence-corrected chi connectivity index (χ4v) is 3.13. The molecule has 0 aliphatic carbocycles. The van der Waals surface area contributed by atoms with Gasteiger partial charge in [-0.3, -0.25) is 4.79 Å². The van der Waals surface area contributed by atoms with Gasteiger partial charge in [0, 0.05) is 25.9 Å². The number of aromatic nitrogens is 2. The van der Waals surface area contributed by atoms with Crippen LogP contribution in [-0.4, -0.2) is 60.7 Å². The Kier molecular flexibility index (Phi) is 6.48. The van der Waals surface area contributed by atoms with Crippen LogP contribution in [0.1, 0.15) is 22.8 Å². The number of carbonyl (C=O) groups excluding carboxylic acids is 1. The topological polar surface area (TPSA) is 88.6 Å². The summed E-state index contributed by atoms with van der Waals surface area (Å²) in [7, 11) is 2.60. The molecule has 0 bridgehead atoms. The Bertz CT molecular complexity index is 970. The average Bonchev–Trinajstić information content (AvgIpc) is 2.73. The maximum atomic E-state index is 14.8. The van der Waals surface area contributed by atoms with Gasteiger partial charge < -0.3 is 25.0 Å². The molecule has 3 rings (SSSR count). The van der Waals surface area contributed by atoms with E-state index in [9.17, 15) is 22.4 Å². The lowest BCUT2D eigenvalue weighted by Gasteiger charge is -2.33. The number of nitrogens with zero attached hydrogens (tertiary/aromatic N) is 3. The quantitative estimate of drug-likeness (QED) is 0.686. The van der Waals surface area contributed by atoms with Crippen molar-refractivity contribution in [2.75, 3.05) is 44.5 Å². The zero-order valence-electron chi connectivity index (χ0n) is 17.0. The molecule has 1 saturated heterocycles. The number of nitrogens with one attached hydrogen (secondary N) is 2. The highest BCUT2D eigenvalue weighted by molar-refractivity contribution is 5.96. The van der Waals surface area contributed by atoms with E-state index in [1.54, 1.807) is 6.92 Å². The Morgan fingerprint density at radius 2 is 2.10 bits per heavy atom. The van der Waals surface area contributed by atoms with Crippen molar-refractivity contribution in [1.29, 1.82) is 0 Å². The Balaban J connectivity index is 1.91. The van der Waals surface area contributed by atoms with Crippen molar-refractivity contribution in [1.82, 2.24) is 14.9 Å². The van der Waals surface area contributed by atoms with Crippen LogP contribution in [0, 0.1) is 5.82 Å². The smallest absolute Gasteiger partial charge is 0.421 e. The van der Waals surface area contributed by atoms with Crippen LogP contribution in [-0.2, 0) is 10.9 Å². The number of ether oxygens (including phenoxy) is 2. The SMILES string of the molecule is CNc1nc(Nc2cc(F)c(C(=O)N3CCOC[C@@H]3C)cc2OC)ncc1C(F)(F)F. The minimum atomic E-state index is -4.64. The first-order chi connectivity index (χ1) is 14.7. The fourth-order valence-electron chi connectivity index (χ4n) is 3.13. The van der Waals surface area contributed by atoms with Crippen molar-refractivity contribution in [3.63, 3.8) is 0 Å². The lowest BCUT2D eigenvalue weighted by atomic mass is 10.1. The number of halogens is 4. The molecule has 2 aromatic rings. The van der Waals surface area contributed by atoms with Gasteiger partial charge in [0.05, 0.1) is 37.6 Å². The van der Waals surface area contributed by atoms with E-state index in [0.29, 0.717) is 26.0 Å². The second-order valence-electron chi connectivity index (χ2n) is 6.78. The van der Waals surface area contributed by atoms with Crippen LogP contribution < -0.4 is 15.4 Å². The minimum absolute atomic E-state index is 0.0494. The largest absolute Gasteiger partial charge is 0.495 e. The summed E-state index contributed by atoms with van der Waals surface area (Å²) in [6.07, 6.45) is -4.03. The zero-order chi connectivity index (χ0) is 22.8. The number of hydrogen-bond donors (Lipinski definition) is 2. The second-order valence-corrected chi connectivity index (χ2v) is 6.78. The number of benzene rings is 1. The second kappa shape index (κ2) is 8.92. The third kappa shape index (κ3) is 4.79. The molecule has 0 unspecified atom stereocenters. The van der Waals surface area contributed by atoms with E-state index in [-0.39, 0.29) is 29.0 Å². The molecule has 1 aliphatic heterocycles. The van der Waals surface area contributed by atoms with Crippen molar-refractivity contribution < 1.29 is 31.8 Å². The number of alkyl halides is 3. The van der Waals surface area contributed by atoms with E-state index in [0.717, 1.165) is 6.07 Å². The first-order valence-electron chi connectivity index (χ1n) is 9.31. The number of anilines is 3. The number of carbonyl (C=O) groups is 1. The van der Waals surface area contributed by atoms with E-state index in [1.165, 1.54) is 25.1 Å². The molecular weight excluding hydrogens is 422 g/mol. The summed E-state index contributed by atoms with van der Waals surface area (Å²) in [5, 5.41) is 4.99. The first-order valence-corrected chi connectivity index (χ1v) is 9.31. The van der Waals surface area contributed by atoms with Gasteiger partial charge in [-0.25, -0.2) is 9.37 Å². The Hall–Kier alpha value is -3.15. The molecule has 0 spiro atoms. The van der Waals surface area contributed by atoms with Crippen LogP contribution in [0.5, 0.6) is 5.75 Å². The summed E-state index contributed by atoms with van der Waals surface area (Å²) < 4.78 is 64.4. The van der Waals surface area contributed by atoms with Crippen LogP contribution >= 0.6 is 0 Å². The highest BCUT2D eigenvalue weighted by Crippen LogP contribution is 2.35. The average molecular weight is 443 g/mol. The molecule has 0 radical (unpaired) electrons. The molecule has 1 aromatic heterocycles. The van der Waals surface area contributed by atoms with Gasteiger partial charge in [0.2, 0.25) is 5.95 Å². The maximum Gasteiger partial charge on any atom is 0.421 e. The van der Waals surface area contributed by atoms with Gasteiger partial charge in [0.25, 0.3) is 5.91 Å². The minimum Gasteiger partial charge on any atom is -0.495 e. The van der Waals surface area contributed by atoms with E-state index in [4.69, 9.17) is 9.47 Å². The molecular formula is C19H21F4N5O3. The fraction of sp³-hybridized carbons (Fsp3) is 0.421. The number of methoxy groups -OCH3 is 1. The van der Waals surface area contributed by atoms with Crippen LogP contribution in [0.3, 0.4) is 0 Å². The predicted molar refractivity (Wildman–Crippen MR) is 104 cm³/mol. The van der Waals surface area contributed by atoms with Crippen molar-refractivity contribution in [3.8, 4) is 5.75 Å². The molecule has 0 saturated carbocycles. The van der Waals surface area contributed by atoms with Gasteiger partial charge in [-0.2, -0.15) is 18.2 Å². The molecule has 1 fully saturated rings. The van der Waals surface area contributed by atoms with E-state index in [2.05, 4.69) is 20.6 Å². The van der Waals surface area contributed by atoms with Gasteiger partial charge in [0.1, 0.15) is 22.9 Å². The number of rotatable bonds is 5. The van der Waals surface area contributed by atoms with Gasteiger partial charge in [-0.1, -0.05) is 0 Å². The Labute approximate surface area is 175 Å². The summed E-state index contributed by atoms with van der Waals surface area (Å²) >= 11 is 0. The molecule has 8 nitrogen and oxygen atoms in total.